The molecule has 0 aromatic rings. The minimum absolute atomic E-state index is 0.245. The van der Waals surface area contributed by atoms with E-state index in [2.05, 4.69) is 26.0 Å². The Labute approximate surface area is 111 Å². The molecule has 0 saturated carbocycles. The van der Waals surface area contributed by atoms with Gasteiger partial charge < -0.3 is 4.74 Å². The van der Waals surface area contributed by atoms with E-state index < -0.39 is 19.1 Å². The zero-order valence-corrected chi connectivity index (χ0v) is 12.7. The Kier molecular flexibility index (Phi) is 20.1. The van der Waals surface area contributed by atoms with Crippen LogP contribution in [0.5, 0.6) is 0 Å². The summed E-state index contributed by atoms with van der Waals surface area (Å²) in [5.74, 6) is -0.579. The van der Waals surface area contributed by atoms with E-state index in [1.54, 1.807) is 0 Å². The number of esters is 1. The van der Waals surface area contributed by atoms with Crippen LogP contribution < -0.4 is 21.3 Å². The molecule has 0 amide bonds. The second kappa shape index (κ2) is 15.6. The molecule has 0 bridgehead atoms. The summed E-state index contributed by atoms with van der Waals surface area (Å²) in [6.45, 7) is 1.36. The van der Waals surface area contributed by atoms with Gasteiger partial charge in [0, 0.05) is 6.92 Å². The van der Waals surface area contributed by atoms with Crippen molar-refractivity contribution < 1.29 is 35.3 Å². The Morgan fingerprint density at radius 1 is 1.00 bits per heavy atom. The molecule has 0 aliphatic rings. The van der Waals surface area contributed by atoms with Gasteiger partial charge >= 0.3 is 31.7 Å². The van der Waals surface area contributed by atoms with Crippen molar-refractivity contribution in [2.45, 2.75) is 12.8 Å². The molecule has 0 spiro atoms. The van der Waals surface area contributed by atoms with Crippen molar-refractivity contribution in [3.63, 3.8) is 0 Å². The van der Waals surface area contributed by atoms with Gasteiger partial charge in [-0.1, -0.05) is 0 Å². The predicted octanol–water partition coefficient (Wildman–Crippen LogP) is -1.59. The van der Waals surface area contributed by atoms with E-state index in [0.29, 0.717) is 0 Å². The molecule has 0 saturated heterocycles. The van der Waals surface area contributed by atoms with Gasteiger partial charge in [-0.15, -0.1) is 0 Å². The average molecular weight is 286 g/mol. The second-order valence-corrected chi connectivity index (χ2v) is 2.79. The van der Waals surface area contributed by atoms with E-state index in [1.165, 1.54) is 14.0 Å². The van der Waals surface area contributed by atoms with Crippen LogP contribution in [0.1, 0.15) is 6.92 Å². The van der Waals surface area contributed by atoms with Crippen LogP contribution in [0.3, 0.4) is 0 Å². The van der Waals surface area contributed by atoms with E-state index in [0.717, 1.165) is 0 Å². The van der Waals surface area contributed by atoms with Crippen molar-refractivity contribution in [1.29, 1.82) is 0 Å². The molecule has 0 fully saturated rings. The predicted molar refractivity (Wildman–Crippen MR) is 58.0 cm³/mol. The van der Waals surface area contributed by atoms with E-state index in [1.807, 2.05) is 28.2 Å². The van der Waals surface area contributed by atoms with E-state index in [4.69, 9.17) is 6.65 Å². The number of ether oxygens (including phenoxy) is 1. The number of hydrogen-bond donors (Lipinski definition) is 4. The average Bonchev–Trinajstić information content (AvgIpc) is 2.34. The topological polar surface area (TPSA) is 109 Å². The summed E-state index contributed by atoms with van der Waals surface area (Å²) in [5.41, 5.74) is 0. The third-order valence-electron chi connectivity index (χ3n) is 1.79. The molecule has 0 unspecified atom stereocenters. The first-order valence-corrected chi connectivity index (χ1v) is 6.00. The first kappa shape index (κ1) is 21.9. The Bertz CT molecular complexity index is 200. The van der Waals surface area contributed by atoms with Gasteiger partial charge in [0.05, 0.1) is 7.11 Å². The minimum atomic E-state index is -2.00. The van der Waals surface area contributed by atoms with Crippen LogP contribution >= 0.6 is 0 Å². The van der Waals surface area contributed by atoms with Crippen molar-refractivity contribution in [3.8, 4) is 0 Å². The normalized spacial score (nSPS) is 8.82. The molecule has 0 aromatic carbocycles. The molecule has 17 heavy (non-hydrogen) atoms. The Morgan fingerprint density at radius 2 is 1.18 bits per heavy atom. The summed E-state index contributed by atoms with van der Waals surface area (Å²) in [7, 11) is 8.81. The quantitative estimate of drug-likeness (QED) is 0.278. The van der Waals surface area contributed by atoms with Gasteiger partial charge in [0.15, 0.2) is 5.91 Å². The maximum atomic E-state index is 9.59. The van der Waals surface area contributed by atoms with Crippen LogP contribution in [0.2, 0.25) is 0 Å². The van der Waals surface area contributed by atoms with Crippen molar-refractivity contribution in [2.75, 3.05) is 35.3 Å². The molecule has 4 N–H and O–H groups in total. The van der Waals surface area contributed by atoms with Gasteiger partial charge in [-0.2, -0.15) is 0 Å². The van der Waals surface area contributed by atoms with Crippen molar-refractivity contribution in [3.05, 3.63) is 0 Å². The van der Waals surface area contributed by atoms with Crippen LogP contribution in [0.15, 0.2) is 0 Å². The Hall–Kier alpha value is -0.376. The summed E-state index contributed by atoms with van der Waals surface area (Å²) >= 11 is -2.00. The number of hydrogen-bond acceptors (Lipinski definition) is 8. The van der Waals surface area contributed by atoms with Crippen molar-refractivity contribution >= 4 is 5.97 Å². The number of nitrogens with one attached hydrogen (secondary N) is 4. The van der Waals surface area contributed by atoms with Crippen LogP contribution in [-0.2, 0) is 35.3 Å². The third-order valence-corrected chi connectivity index (χ3v) is 1.79. The first-order chi connectivity index (χ1) is 7.93. The third kappa shape index (κ3) is 15.6. The monoisotopic (exact) mass is 286 g/mol. The fourth-order valence-corrected chi connectivity index (χ4v) is 0.750. The molecule has 0 heterocycles. The second-order valence-electron chi connectivity index (χ2n) is 2.53. The summed E-state index contributed by atoms with van der Waals surface area (Å²) in [4.78, 5) is 9.59. The first-order valence-electron chi connectivity index (χ1n) is 4.72. The molecule has 0 atom stereocenters. The summed E-state index contributed by atoms with van der Waals surface area (Å²) < 4.78 is 21.1. The number of methoxy groups -OCH3 is 1. The Morgan fingerprint density at radius 3 is 1.18 bits per heavy atom. The maximum absolute atomic E-state index is 9.59. The molecular formula is C8H22N4O4Ti. The summed E-state index contributed by atoms with van der Waals surface area (Å²) in [6, 6.07) is 0. The van der Waals surface area contributed by atoms with E-state index >= 15 is 0 Å². The zero-order chi connectivity index (χ0) is 14.3. The molecular weight excluding hydrogens is 264 g/mol. The van der Waals surface area contributed by atoms with Gasteiger partial charge in [0.1, 0.15) is 0 Å². The summed E-state index contributed by atoms with van der Waals surface area (Å²) in [6.07, 6.45) is 0. The van der Waals surface area contributed by atoms with E-state index in [9.17, 15) is 4.79 Å². The van der Waals surface area contributed by atoms with Crippen molar-refractivity contribution in [1.82, 2.24) is 21.3 Å². The van der Waals surface area contributed by atoms with Gasteiger partial charge in [0.2, 0.25) is 0 Å². The molecule has 0 rings (SSSR count). The van der Waals surface area contributed by atoms with Crippen LogP contribution in [0.4, 0.5) is 0 Å². The molecule has 0 radical (unpaired) electrons. The Balaban J connectivity index is -0.000000207. The molecule has 0 aliphatic heterocycles. The molecule has 102 valence electrons. The van der Waals surface area contributed by atoms with E-state index in [-0.39, 0.29) is 11.9 Å². The number of rotatable bonds is 4. The van der Waals surface area contributed by atoms with Crippen LogP contribution in [-0.4, -0.2) is 47.2 Å². The number of carbonyl (C=O) groups excluding carboxylic acids is 1. The van der Waals surface area contributed by atoms with Crippen LogP contribution in [0.25, 0.3) is 0 Å². The molecule has 8 nitrogen and oxygen atoms in total. The van der Waals surface area contributed by atoms with Crippen LogP contribution in [0, 0.1) is 0 Å². The van der Waals surface area contributed by atoms with Gasteiger partial charge in [-0.3, -0.25) is 26.1 Å². The van der Waals surface area contributed by atoms with Crippen molar-refractivity contribution in [2.24, 2.45) is 0 Å². The van der Waals surface area contributed by atoms with Gasteiger partial charge in [0.25, 0.3) is 0 Å². The zero-order valence-electron chi connectivity index (χ0n) is 11.1. The number of carbonyl (C=O) groups is 1. The molecule has 0 aromatic heterocycles. The standard InChI is InChI=1S/C5H16N4.C3H6O2.2O.Ti/c1-6-5(7-2,8-3)9-4;1-3(4)5-2;;;/h6-9H,1-4H3;1-2H3;;;. The fourth-order valence-electron chi connectivity index (χ4n) is 0.750. The SMILES string of the molecule is CNC(NC)(NC)NC.COC(C)=O.[O]=[Ti]=[O]. The fraction of sp³-hybridized carbons (Fsp3) is 0.875. The van der Waals surface area contributed by atoms with Gasteiger partial charge in [-0.05, 0) is 28.2 Å². The molecule has 9 heteroatoms. The summed E-state index contributed by atoms with van der Waals surface area (Å²) in [5, 5.41) is 12.1. The van der Waals surface area contributed by atoms with Gasteiger partial charge in [-0.25, -0.2) is 0 Å². The molecule has 0 aliphatic carbocycles.